The van der Waals surface area contributed by atoms with Crippen LogP contribution in [0.4, 0.5) is 5.82 Å². The Labute approximate surface area is 164 Å². The molecule has 0 aliphatic rings. The van der Waals surface area contributed by atoms with Crippen molar-refractivity contribution in [2.24, 2.45) is 5.10 Å². The Bertz CT molecular complexity index is 1030. The zero-order valence-corrected chi connectivity index (χ0v) is 15.8. The molecule has 13 nitrogen and oxygen atoms in total. The Morgan fingerprint density at radius 3 is 2.79 bits per heavy atom. The van der Waals surface area contributed by atoms with Gasteiger partial charge in [-0.1, -0.05) is 11.3 Å². The summed E-state index contributed by atoms with van der Waals surface area (Å²) in [6.45, 7) is 0.00940. The lowest BCUT2D eigenvalue weighted by molar-refractivity contribution is 0.0944. The first-order valence-corrected chi connectivity index (χ1v) is 8.17. The number of nitrogens with zero attached hydrogens (tertiary/aromatic N) is 6. The fourth-order valence-corrected chi connectivity index (χ4v) is 2.48. The molecule has 0 aliphatic heterocycles. The number of nitrogens with one attached hydrogen (secondary N) is 1. The Morgan fingerprint density at radius 2 is 2.14 bits per heavy atom. The molecule has 13 heteroatoms. The number of ether oxygens (including phenoxy) is 3. The van der Waals surface area contributed by atoms with E-state index < -0.39 is 5.91 Å². The topological polar surface area (TPSA) is 165 Å². The third-order valence-corrected chi connectivity index (χ3v) is 3.76. The zero-order valence-electron chi connectivity index (χ0n) is 15.8. The first-order chi connectivity index (χ1) is 14.1. The summed E-state index contributed by atoms with van der Waals surface area (Å²) < 4.78 is 21.4. The number of carbonyl (C=O) groups is 1. The molecule has 0 atom stereocenters. The molecule has 0 unspecified atom stereocenters. The number of hydrogen-bond acceptors (Lipinski definition) is 11. The summed E-state index contributed by atoms with van der Waals surface area (Å²) in [5, 5.41) is 18.8. The molecular weight excluding hydrogens is 384 g/mol. The van der Waals surface area contributed by atoms with Gasteiger partial charge >= 0.3 is 0 Å². The van der Waals surface area contributed by atoms with Gasteiger partial charge in [0.15, 0.2) is 17.2 Å². The van der Waals surface area contributed by atoms with Crippen molar-refractivity contribution < 1.29 is 23.6 Å². The second-order valence-electron chi connectivity index (χ2n) is 5.48. The Morgan fingerprint density at radius 1 is 1.31 bits per heavy atom. The van der Waals surface area contributed by atoms with Crippen LogP contribution in [0.5, 0.6) is 11.5 Å². The van der Waals surface area contributed by atoms with Gasteiger partial charge in [0.05, 0.1) is 27.0 Å². The lowest BCUT2D eigenvalue weighted by Crippen LogP contribution is -2.20. The number of hydrazone groups is 1. The minimum absolute atomic E-state index is 0.00940. The molecule has 29 heavy (non-hydrogen) atoms. The molecule has 152 valence electrons. The molecule has 3 N–H and O–H groups in total. The van der Waals surface area contributed by atoms with Crippen molar-refractivity contribution in [3.8, 4) is 17.3 Å². The summed E-state index contributed by atoms with van der Waals surface area (Å²) in [6, 6.07) is 5.27. The van der Waals surface area contributed by atoms with Crippen molar-refractivity contribution in [2.45, 2.75) is 6.61 Å². The molecule has 0 saturated carbocycles. The predicted octanol–water partition coefficient (Wildman–Crippen LogP) is 0.160. The highest BCUT2D eigenvalue weighted by Gasteiger charge is 2.23. The average Bonchev–Trinajstić information content (AvgIpc) is 3.33. The van der Waals surface area contributed by atoms with Crippen LogP contribution in [0.1, 0.15) is 21.7 Å². The zero-order chi connectivity index (χ0) is 20.8. The quantitative estimate of drug-likeness (QED) is 0.391. The lowest BCUT2D eigenvalue weighted by atomic mass is 10.2. The van der Waals surface area contributed by atoms with Crippen LogP contribution in [-0.2, 0) is 11.3 Å². The van der Waals surface area contributed by atoms with Gasteiger partial charge in [0.1, 0.15) is 5.69 Å². The summed E-state index contributed by atoms with van der Waals surface area (Å²) in [5.74, 6) is 0.479. The van der Waals surface area contributed by atoms with Crippen molar-refractivity contribution in [1.82, 2.24) is 30.7 Å². The van der Waals surface area contributed by atoms with Crippen LogP contribution in [-0.4, -0.2) is 58.8 Å². The van der Waals surface area contributed by atoms with E-state index in [9.17, 15) is 4.79 Å². The van der Waals surface area contributed by atoms with Gasteiger partial charge in [-0.2, -0.15) is 9.78 Å². The van der Waals surface area contributed by atoms with E-state index in [-0.39, 0.29) is 23.9 Å². The second-order valence-corrected chi connectivity index (χ2v) is 5.48. The fraction of sp³-hybridized carbons (Fsp3) is 0.250. The van der Waals surface area contributed by atoms with Crippen molar-refractivity contribution in [3.05, 3.63) is 35.2 Å². The van der Waals surface area contributed by atoms with E-state index in [0.29, 0.717) is 22.8 Å². The smallest absolute Gasteiger partial charge is 0.293 e. The van der Waals surface area contributed by atoms with Crippen LogP contribution in [0, 0.1) is 0 Å². The number of amides is 1. The van der Waals surface area contributed by atoms with Crippen LogP contribution in [0.2, 0.25) is 0 Å². The third kappa shape index (κ3) is 3.98. The summed E-state index contributed by atoms with van der Waals surface area (Å²) in [7, 11) is 4.49. The molecule has 2 heterocycles. The predicted molar refractivity (Wildman–Crippen MR) is 98.9 cm³/mol. The number of rotatable bonds is 8. The maximum absolute atomic E-state index is 12.5. The SMILES string of the molecule is COCc1c(C(=O)N/N=C/c2cccc(OC)c2OC)nnn1-c1nonc1N. The molecule has 2 aromatic heterocycles. The van der Waals surface area contributed by atoms with Crippen LogP contribution < -0.4 is 20.6 Å². The van der Waals surface area contributed by atoms with Crippen LogP contribution in [0.15, 0.2) is 27.9 Å². The Kier molecular flexibility index (Phi) is 5.99. The summed E-state index contributed by atoms with van der Waals surface area (Å²) >= 11 is 0. The largest absolute Gasteiger partial charge is 0.493 e. The highest BCUT2D eigenvalue weighted by atomic mass is 16.6. The van der Waals surface area contributed by atoms with E-state index in [4.69, 9.17) is 19.9 Å². The third-order valence-electron chi connectivity index (χ3n) is 3.76. The number of benzene rings is 1. The van der Waals surface area contributed by atoms with Crippen molar-refractivity contribution in [1.29, 1.82) is 0 Å². The molecule has 0 radical (unpaired) electrons. The molecule has 3 rings (SSSR count). The molecule has 0 aliphatic carbocycles. The van der Waals surface area contributed by atoms with Gasteiger partial charge in [-0.25, -0.2) is 10.1 Å². The fourth-order valence-electron chi connectivity index (χ4n) is 2.48. The number of aromatic nitrogens is 5. The van der Waals surface area contributed by atoms with Gasteiger partial charge in [0.25, 0.3) is 5.91 Å². The monoisotopic (exact) mass is 402 g/mol. The summed E-state index contributed by atoms with van der Waals surface area (Å²) in [5.41, 5.74) is 8.93. The van der Waals surface area contributed by atoms with E-state index in [2.05, 4.69) is 35.8 Å². The number of carbonyl (C=O) groups excluding carboxylic acids is 1. The molecule has 0 fully saturated rings. The average molecular weight is 402 g/mol. The first kappa shape index (κ1) is 19.8. The van der Waals surface area contributed by atoms with Gasteiger partial charge in [-0.3, -0.25) is 4.79 Å². The van der Waals surface area contributed by atoms with Gasteiger partial charge in [-0.05, 0) is 22.4 Å². The first-order valence-electron chi connectivity index (χ1n) is 8.17. The number of nitrogen functional groups attached to an aromatic ring is 1. The highest BCUT2D eigenvalue weighted by Crippen LogP contribution is 2.29. The van der Waals surface area contributed by atoms with E-state index in [1.807, 2.05) is 0 Å². The summed E-state index contributed by atoms with van der Waals surface area (Å²) in [4.78, 5) is 12.5. The Balaban J connectivity index is 1.82. The normalized spacial score (nSPS) is 11.0. The highest BCUT2D eigenvalue weighted by molar-refractivity contribution is 5.94. The second kappa shape index (κ2) is 8.79. The van der Waals surface area contributed by atoms with Crippen LogP contribution >= 0.6 is 0 Å². The molecule has 0 saturated heterocycles. The number of hydrogen-bond donors (Lipinski definition) is 2. The minimum atomic E-state index is -0.614. The van der Waals surface area contributed by atoms with Gasteiger partial charge < -0.3 is 19.9 Å². The number of para-hydroxylation sites is 1. The molecule has 1 amide bonds. The number of anilines is 1. The standard InChI is InChI=1S/C16H18N8O5/c1-26-8-10-12(19-23-24(10)15-14(17)21-29-22-15)16(25)20-18-7-9-5-4-6-11(27-2)13(9)28-3/h4-7H,8H2,1-3H3,(H2,17,21)(H,20,25)/b18-7+. The number of nitrogens with two attached hydrogens (primary N) is 1. The van der Waals surface area contributed by atoms with E-state index in [1.54, 1.807) is 18.2 Å². The van der Waals surface area contributed by atoms with E-state index >= 15 is 0 Å². The van der Waals surface area contributed by atoms with Crippen molar-refractivity contribution in [3.63, 3.8) is 0 Å². The molecule has 0 bridgehead atoms. The van der Waals surface area contributed by atoms with E-state index in [0.717, 1.165) is 0 Å². The van der Waals surface area contributed by atoms with Crippen LogP contribution in [0.3, 0.4) is 0 Å². The van der Waals surface area contributed by atoms with Gasteiger partial charge in [-0.15, -0.1) is 5.10 Å². The maximum Gasteiger partial charge on any atom is 0.293 e. The van der Waals surface area contributed by atoms with Gasteiger partial charge in [0.2, 0.25) is 11.6 Å². The summed E-state index contributed by atoms with van der Waals surface area (Å²) in [6.07, 6.45) is 1.42. The minimum Gasteiger partial charge on any atom is -0.493 e. The molecule has 3 aromatic rings. The van der Waals surface area contributed by atoms with Gasteiger partial charge in [0, 0.05) is 12.7 Å². The molecule has 0 spiro atoms. The number of methoxy groups -OCH3 is 3. The molecular formula is C16H18N8O5. The van der Waals surface area contributed by atoms with E-state index in [1.165, 1.54) is 32.2 Å². The van der Waals surface area contributed by atoms with Crippen molar-refractivity contribution in [2.75, 3.05) is 27.1 Å². The maximum atomic E-state index is 12.5. The van der Waals surface area contributed by atoms with Crippen molar-refractivity contribution >= 4 is 17.9 Å². The van der Waals surface area contributed by atoms with Crippen LogP contribution in [0.25, 0.3) is 5.82 Å². The molecule has 1 aromatic carbocycles. The Hall–Kier alpha value is -4.00. The lowest BCUT2D eigenvalue weighted by Gasteiger charge is -2.09.